The summed E-state index contributed by atoms with van der Waals surface area (Å²) >= 11 is 0. The van der Waals surface area contributed by atoms with E-state index in [4.69, 9.17) is 0 Å². The Balaban J connectivity index is 1.54. The molecule has 188 valence electrons. The fourth-order valence-corrected chi connectivity index (χ4v) is 3.71. The summed E-state index contributed by atoms with van der Waals surface area (Å²) in [5.74, 6) is -1.74. The Kier molecular flexibility index (Phi) is 6.71. The molecule has 1 aliphatic rings. The quantitative estimate of drug-likeness (QED) is 0.295. The van der Waals surface area contributed by atoms with E-state index in [1.807, 2.05) is 0 Å². The van der Waals surface area contributed by atoms with Crippen molar-refractivity contribution in [2.75, 3.05) is 0 Å². The normalized spacial score (nSPS) is 13.4. The zero-order valence-corrected chi connectivity index (χ0v) is 19.5. The number of nitrogens with zero attached hydrogens (tertiary/aromatic N) is 1. The first kappa shape index (κ1) is 25.2. The molecule has 0 spiro atoms. The van der Waals surface area contributed by atoms with Gasteiger partial charge in [0.25, 0.3) is 11.8 Å². The number of halogens is 4. The monoisotopic (exact) mass is 501 g/mol. The van der Waals surface area contributed by atoms with Gasteiger partial charge in [-0.25, -0.2) is 4.39 Å². The largest absolute Gasteiger partial charge is 0.618 e. The van der Waals surface area contributed by atoms with Gasteiger partial charge in [0, 0.05) is 24.2 Å². The maximum atomic E-state index is 14.5. The molecular formula is C26H23F4N3O3. The van der Waals surface area contributed by atoms with E-state index in [9.17, 15) is 32.4 Å². The van der Waals surface area contributed by atoms with Crippen molar-refractivity contribution in [3.63, 3.8) is 0 Å². The lowest BCUT2D eigenvalue weighted by atomic mass is 10.00. The maximum Gasteiger partial charge on any atom is 0.416 e. The van der Waals surface area contributed by atoms with Crippen LogP contribution in [0.25, 0.3) is 11.3 Å². The zero-order chi connectivity index (χ0) is 26.2. The molecular weight excluding hydrogens is 478 g/mol. The molecule has 1 fully saturated rings. The van der Waals surface area contributed by atoms with E-state index in [0.29, 0.717) is 10.3 Å². The number of nitrogens with one attached hydrogen (secondary N) is 2. The Labute approximate surface area is 204 Å². The number of hydrogen-bond acceptors (Lipinski definition) is 3. The summed E-state index contributed by atoms with van der Waals surface area (Å²) in [4.78, 5) is 25.0. The van der Waals surface area contributed by atoms with E-state index >= 15 is 0 Å². The summed E-state index contributed by atoms with van der Waals surface area (Å²) in [5.41, 5.74) is 0.500. The van der Waals surface area contributed by atoms with Gasteiger partial charge < -0.3 is 15.8 Å². The lowest BCUT2D eigenvalue weighted by Gasteiger charge is -2.13. The Morgan fingerprint density at radius 3 is 2.39 bits per heavy atom. The first-order valence-electron chi connectivity index (χ1n) is 11.2. The topological polar surface area (TPSA) is 85.1 Å². The highest BCUT2D eigenvalue weighted by molar-refractivity contribution is 5.96. The predicted molar refractivity (Wildman–Crippen MR) is 123 cm³/mol. The molecule has 0 atom stereocenters. The molecule has 6 nitrogen and oxygen atoms in total. The number of carbonyl (C=O) groups excluding carboxylic acids is 2. The van der Waals surface area contributed by atoms with Crippen LogP contribution in [-0.2, 0) is 12.7 Å². The molecule has 0 radical (unpaired) electrons. The summed E-state index contributed by atoms with van der Waals surface area (Å²) < 4.78 is 53.9. The smallest absolute Gasteiger partial charge is 0.416 e. The van der Waals surface area contributed by atoms with Gasteiger partial charge in [-0.2, -0.15) is 17.9 Å². The van der Waals surface area contributed by atoms with Gasteiger partial charge in [0.15, 0.2) is 6.20 Å². The average Bonchev–Trinajstić information content (AvgIpc) is 3.63. The van der Waals surface area contributed by atoms with Crippen LogP contribution in [-0.4, -0.2) is 17.9 Å². The second-order valence-corrected chi connectivity index (χ2v) is 8.83. The number of pyridine rings is 1. The fourth-order valence-electron chi connectivity index (χ4n) is 3.71. The molecule has 2 amide bonds. The number of benzene rings is 2. The van der Waals surface area contributed by atoms with E-state index in [0.717, 1.165) is 37.2 Å². The van der Waals surface area contributed by atoms with Gasteiger partial charge in [-0.15, -0.1) is 0 Å². The van der Waals surface area contributed by atoms with Crippen LogP contribution in [0.4, 0.5) is 17.6 Å². The third kappa shape index (κ3) is 5.48. The van der Waals surface area contributed by atoms with Gasteiger partial charge in [0.05, 0.1) is 11.1 Å². The molecule has 4 rings (SSSR count). The highest BCUT2D eigenvalue weighted by Crippen LogP contribution is 2.30. The van der Waals surface area contributed by atoms with Crippen molar-refractivity contribution in [3.8, 4) is 11.3 Å². The zero-order valence-electron chi connectivity index (χ0n) is 19.5. The van der Waals surface area contributed by atoms with Crippen LogP contribution in [0.5, 0.6) is 0 Å². The third-order valence-corrected chi connectivity index (χ3v) is 6.09. The molecule has 0 unspecified atom stereocenters. The second kappa shape index (κ2) is 9.60. The number of alkyl halides is 3. The summed E-state index contributed by atoms with van der Waals surface area (Å²) in [6.07, 6.45) is -1.78. The van der Waals surface area contributed by atoms with Crippen LogP contribution in [0.2, 0.25) is 0 Å². The summed E-state index contributed by atoms with van der Waals surface area (Å²) in [5, 5.41) is 18.0. The van der Waals surface area contributed by atoms with Crippen molar-refractivity contribution in [2.24, 2.45) is 0 Å². The summed E-state index contributed by atoms with van der Waals surface area (Å²) in [6.45, 7) is 2.94. The number of aromatic nitrogens is 1. The van der Waals surface area contributed by atoms with Gasteiger partial charge in [-0.1, -0.05) is 6.07 Å². The predicted octanol–water partition coefficient (Wildman–Crippen LogP) is 4.58. The lowest BCUT2D eigenvalue weighted by Crippen LogP contribution is -2.33. The van der Waals surface area contributed by atoms with Crippen LogP contribution in [0.3, 0.4) is 0 Å². The SMILES string of the molecule is Cc1ccc(C(F)(F)F)cc1CNC(=O)c1ccc(-c2cc(C(=O)NC3CC3)cc(F)c2C)[n+]([O-])c1. The van der Waals surface area contributed by atoms with Crippen molar-refractivity contribution >= 4 is 11.8 Å². The second-order valence-electron chi connectivity index (χ2n) is 8.83. The number of aryl methyl sites for hydroxylation is 1. The van der Waals surface area contributed by atoms with Gasteiger partial charge in [0.2, 0.25) is 5.69 Å². The van der Waals surface area contributed by atoms with Gasteiger partial charge in [-0.05, 0) is 73.7 Å². The molecule has 3 aromatic rings. The van der Waals surface area contributed by atoms with Crippen molar-refractivity contribution < 1.29 is 31.9 Å². The van der Waals surface area contributed by atoms with Crippen molar-refractivity contribution in [1.82, 2.24) is 10.6 Å². The minimum absolute atomic E-state index is 0.0286. The first-order valence-corrected chi connectivity index (χ1v) is 11.2. The number of hydrogen-bond donors (Lipinski definition) is 2. The maximum absolute atomic E-state index is 14.5. The Bertz CT molecular complexity index is 1350. The van der Waals surface area contributed by atoms with Crippen LogP contribution >= 0.6 is 0 Å². The van der Waals surface area contributed by atoms with Crippen molar-refractivity contribution in [2.45, 2.75) is 45.5 Å². The van der Waals surface area contributed by atoms with Crippen LogP contribution in [0, 0.1) is 24.9 Å². The Morgan fingerprint density at radius 2 is 1.75 bits per heavy atom. The van der Waals surface area contributed by atoms with Gasteiger partial charge >= 0.3 is 6.18 Å². The number of carbonyl (C=O) groups is 2. The summed E-state index contributed by atoms with van der Waals surface area (Å²) in [7, 11) is 0. The fraction of sp³-hybridized carbons (Fsp3) is 0.269. The van der Waals surface area contributed by atoms with E-state index < -0.39 is 29.4 Å². The minimum Gasteiger partial charge on any atom is -0.618 e. The van der Waals surface area contributed by atoms with Crippen LogP contribution in [0.15, 0.2) is 48.7 Å². The molecule has 1 aromatic heterocycles. The van der Waals surface area contributed by atoms with E-state index in [2.05, 4.69) is 10.6 Å². The standard InChI is InChI=1S/C26H23F4N3O3/c1-14-3-5-19(26(28,29)30)9-18(14)12-31-24(34)16-4-8-23(33(36)13-16)21-10-17(11-22(27)15(21)2)25(35)32-20-6-7-20/h3-5,8-11,13,20H,6-7,12H2,1-2H3,(H,31,34)(H,32,35). The van der Waals surface area contributed by atoms with Crippen molar-refractivity contribution in [3.05, 3.63) is 93.1 Å². The Hall–Kier alpha value is -3.95. The van der Waals surface area contributed by atoms with E-state index in [-0.39, 0.29) is 46.1 Å². The molecule has 36 heavy (non-hydrogen) atoms. The molecule has 2 N–H and O–H groups in total. The summed E-state index contributed by atoms with van der Waals surface area (Å²) in [6, 6.07) is 8.57. The van der Waals surface area contributed by atoms with E-state index in [1.54, 1.807) is 6.92 Å². The molecule has 2 aromatic carbocycles. The molecule has 1 saturated carbocycles. The third-order valence-electron chi connectivity index (χ3n) is 6.09. The lowest BCUT2D eigenvalue weighted by molar-refractivity contribution is -0.593. The minimum atomic E-state index is -4.51. The molecule has 1 heterocycles. The number of amides is 2. The van der Waals surface area contributed by atoms with Gasteiger partial charge in [0.1, 0.15) is 11.4 Å². The Morgan fingerprint density at radius 1 is 1.03 bits per heavy atom. The number of rotatable bonds is 6. The van der Waals surface area contributed by atoms with E-state index in [1.165, 1.54) is 31.2 Å². The van der Waals surface area contributed by atoms with Crippen LogP contribution < -0.4 is 15.4 Å². The molecule has 10 heteroatoms. The highest BCUT2D eigenvalue weighted by atomic mass is 19.4. The molecule has 0 bridgehead atoms. The molecule has 0 saturated heterocycles. The first-order chi connectivity index (χ1) is 16.9. The molecule has 1 aliphatic carbocycles. The van der Waals surface area contributed by atoms with Crippen molar-refractivity contribution in [1.29, 1.82) is 0 Å². The molecule has 0 aliphatic heterocycles. The van der Waals surface area contributed by atoms with Crippen LogP contribution in [0.1, 0.15) is 55.8 Å². The van der Waals surface area contributed by atoms with Gasteiger partial charge in [-0.3, -0.25) is 9.59 Å². The average molecular weight is 501 g/mol. The highest BCUT2D eigenvalue weighted by Gasteiger charge is 2.31.